The molecular weight excluding hydrogens is 238 g/mol. The molecule has 1 saturated heterocycles. The Labute approximate surface area is 106 Å². The highest BCUT2D eigenvalue weighted by Gasteiger charge is 2.24. The maximum absolute atomic E-state index is 13.8. The van der Waals surface area contributed by atoms with E-state index in [9.17, 15) is 8.78 Å². The van der Waals surface area contributed by atoms with E-state index in [0.717, 1.165) is 26.2 Å². The second-order valence-electron chi connectivity index (χ2n) is 4.34. The number of halogens is 2. The van der Waals surface area contributed by atoms with Gasteiger partial charge in [-0.2, -0.15) is 0 Å². The van der Waals surface area contributed by atoms with Gasteiger partial charge in [-0.25, -0.2) is 8.78 Å². The van der Waals surface area contributed by atoms with Gasteiger partial charge in [0.1, 0.15) is 18.2 Å². The molecule has 1 aliphatic rings. The van der Waals surface area contributed by atoms with Crippen LogP contribution in [0.15, 0.2) is 18.2 Å². The molecule has 18 heavy (non-hydrogen) atoms. The number of hydrogen-bond acceptors (Lipinski definition) is 3. The van der Waals surface area contributed by atoms with Gasteiger partial charge in [0.2, 0.25) is 0 Å². The number of alkyl halides is 1. The molecular formula is C13H18F2N2O. The number of rotatable bonds is 4. The van der Waals surface area contributed by atoms with E-state index in [0.29, 0.717) is 11.3 Å². The van der Waals surface area contributed by atoms with Crippen molar-refractivity contribution in [2.45, 2.75) is 6.04 Å². The van der Waals surface area contributed by atoms with Crippen LogP contribution in [0, 0.1) is 5.82 Å². The molecule has 1 aromatic carbocycles. The molecule has 0 unspecified atom stereocenters. The second kappa shape index (κ2) is 6.11. The molecule has 2 rings (SSSR count). The largest absolute Gasteiger partial charge is 0.497 e. The fourth-order valence-corrected chi connectivity index (χ4v) is 2.28. The topological polar surface area (TPSA) is 24.5 Å². The molecule has 1 N–H and O–H groups in total. The third kappa shape index (κ3) is 2.79. The molecule has 1 heterocycles. The lowest BCUT2D eigenvalue weighted by molar-refractivity contribution is 0.144. The molecule has 0 bridgehead atoms. The predicted octanol–water partition coefficient (Wildman–Crippen LogP) is 1.75. The summed E-state index contributed by atoms with van der Waals surface area (Å²) in [6.45, 7) is 2.48. The number of hydrogen-bond donors (Lipinski definition) is 1. The highest BCUT2D eigenvalue weighted by Crippen LogP contribution is 2.27. The van der Waals surface area contributed by atoms with Crippen molar-refractivity contribution in [1.82, 2.24) is 10.2 Å². The highest BCUT2D eigenvalue weighted by atomic mass is 19.1. The first-order chi connectivity index (χ1) is 8.76. The van der Waals surface area contributed by atoms with Crippen LogP contribution in [0.2, 0.25) is 0 Å². The fourth-order valence-electron chi connectivity index (χ4n) is 2.28. The van der Waals surface area contributed by atoms with Gasteiger partial charge in [-0.15, -0.1) is 0 Å². The average Bonchev–Trinajstić information content (AvgIpc) is 2.43. The minimum absolute atomic E-state index is 0.374. The van der Waals surface area contributed by atoms with Gasteiger partial charge in [-0.3, -0.25) is 4.90 Å². The third-order valence-corrected chi connectivity index (χ3v) is 3.30. The smallest absolute Gasteiger partial charge is 0.128 e. The van der Waals surface area contributed by atoms with E-state index < -0.39 is 12.7 Å². The summed E-state index contributed by atoms with van der Waals surface area (Å²) < 4.78 is 32.2. The molecule has 1 atom stereocenters. The van der Waals surface area contributed by atoms with Crippen LogP contribution in [0.5, 0.6) is 5.75 Å². The molecule has 0 amide bonds. The molecule has 0 spiro atoms. The zero-order valence-electron chi connectivity index (χ0n) is 10.5. The maximum Gasteiger partial charge on any atom is 0.128 e. The van der Waals surface area contributed by atoms with Crippen LogP contribution in [0.3, 0.4) is 0 Å². The van der Waals surface area contributed by atoms with E-state index in [1.807, 2.05) is 4.90 Å². The van der Waals surface area contributed by atoms with Crippen molar-refractivity contribution >= 4 is 0 Å². The maximum atomic E-state index is 13.8. The normalized spacial score (nSPS) is 18.6. The van der Waals surface area contributed by atoms with Crippen molar-refractivity contribution in [3.63, 3.8) is 0 Å². The van der Waals surface area contributed by atoms with Gasteiger partial charge in [-0.05, 0) is 18.2 Å². The van der Waals surface area contributed by atoms with Gasteiger partial charge in [0.05, 0.1) is 13.2 Å². The Balaban J connectivity index is 2.25. The van der Waals surface area contributed by atoms with Crippen molar-refractivity contribution in [3.8, 4) is 5.75 Å². The van der Waals surface area contributed by atoms with Crippen molar-refractivity contribution in [3.05, 3.63) is 29.6 Å². The lowest BCUT2D eigenvalue weighted by Crippen LogP contribution is -2.45. The number of methoxy groups -OCH3 is 1. The zero-order valence-corrected chi connectivity index (χ0v) is 10.5. The Morgan fingerprint density at radius 1 is 1.39 bits per heavy atom. The fraction of sp³-hybridized carbons (Fsp3) is 0.538. The first kappa shape index (κ1) is 13.2. The van der Waals surface area contributed by atoms with Gasteiger partial charge in [0, 0.05) is 31.7 Å². The van der Waals surface area contributed by atoms with E-state index in [1.54, 1.807) is 12.1 Å². The molecule has 0 aliphatic carbocycles. The molecule has 1 aliphatic heterocycles. The summed E-state index contributed by atoms with van der Waals surface area (Å²) in [6, 6.07) is 3.94. The van der Waals surface area contributed by atoms with Crippen LogP contribution in [0.4, 0.5) is 8.78 Å². The molecule has 5 heteroatoms. The third-order valence-electron chi connectivity index (χ3n) is 3.30. The summed E-state index contributed by atoms with van der Waals surface area (Å²) in [7, 11) is 1.52. The number of nitrogens with one attached hydrogen (secondary N) is 1. The van der Waals surface area contributed by atoms with Crippen LogP contribution in [-0.2, 0) is 0 Å². The van der Waals surface area contributed by atoms with Crippen molar-refractivity contribution in [2.24, 2.45) is 0 Å². The number of nitrogens with zero attached hydrogens (tertiary/aromatic N) is 1. The van der Waals surface area contributed by atoms with Crippen molar-refractivity contribution < 1.29 is 13.5 Å². The molecule has 3 nitrogen and oxygen atoms in total. The Bertz CT molecular complexity index is 395. The minimum Gasteiger partial charge on any atom is -0.497 e. The zero-order chi connectivity index (χ0) is 13.0. The number of piperazine rings is 1. The van der Waals surface area contributed by atoms with Crippen molar-refractivity contribution in [2.75, 3.05) is 40.0 Å². The van der Waals surface area contributed by atoms with Gasteiger partial charge >= 0.3 is 0 Å². The summed E-state index contributed by atoms with van der Waals surface area (Å²) in [6.07, 6.45) is 0. The minimum atomic E-state index is -0.593. The van der Waals surface area contributed by atoms with E-state index in [-0.39, 0.29) is 5.82 Å². The molecule has 0 aromatic heterocycles. The average molecular weight is 256 g/mol. The van der Waals surface area contributed by atoms with Crippen LogP contribution in [0.25, 0.3) is 0 Å². The summed E-state index contributed by atoms with van der Waals surface area (Å²) in [5.41, 5.74) is 0.374. The number of benzene rings is 1. The summed E-state index contributed by atoms with van der Waals surface area (Å²) in [5.74, 6) is 0.178. The monoisotopic (exact) mass is 256 g/mol. The SMILES string of the molecule is COc1ccc(F)c([C@@H](CF)N2CCNCC2)c1. The molecule has 100 valence electrons. The Hall–Kier alpha value is -1.20. The lowest BCUT2D eigenvalue weighted by Gasteiger charge is -2.33. The first-order valence-corrected chi connectivity index (χ1v) is 6.10. The number of ether oxygens (including phenoxy) is 1. The van der Waals surface area contributed by atoms with Gasteiger partial charge < -0.3 is 10.1 Å². The van der Waals surface area contributed by atoms with E-state index in [2.05, 4.69) is 5.32 Å². The Morgan fingerprint density at radius 3 is 2.72 bits per heavy atom. The summed E-state index contributed by atoms with van der Waals surface area (Å²) in [4.78, 5) is 1.97. The molecule has 0 saturated carbocycles. The van der Waals surface area contributed by atoms with E-state index in [4.69, 9.17) is 4.74 Å². The van der Waals surface area contributed by atoms with Crippen LogP contribution in [0.1, 0.15) is 11.6 Å². The van der Waals surface area contributed by atoms with Gasteiger partial charge in [0.15, 0.2) is 0 Å². The first-order valence-electron chi connectivity index (χ1n) is 6.10. The second-order valence-corrected chi connectivity index (χ2v) is 4.34. The van der Waals surface area contributed by atoms with Crippen LogP contribution in [-0.4, -0.2) is 44.9 Å². The molecule has 0 radical (unpaired) electrons. The Kier molecular flexibility index (Phi) is 4.49. The summed E-state index contributed by atoms with van der Waals surface area (Å²) in [5, 5.41) is 3.20. The quantitative estimate of drug-likeness (QED) is 0.888. The standard InChI is InChI=1S/C13H18F2N2O/c1-18-10-2-3-12(15)11(8-10)13(9-14)17-6-4-16-5-7-17/h2-3,8,13,16H,4-7,9H2,1H3/t13-/m1/s1. The van der Waals surface area contributed by atoms with Gasteiger partial charge in [-0.1, -0.05) is 0 Å². The lowest BCUT2D eigenvalue weighted by atomic mass is 10.0. The van der Waals surface area contributed by atoms with E-state index >= 15 is 0 Å². The Morgan fingerprint density at radius 2 is 2.11 bits per heavy atom. The van der Waals surface area contributed by atoms with E-state index in [1.165, 1.54) is 13.2 Å². The predicted molar refractivity (Wildman–Crippen MR) is 66.1 cm³/mol. The van der Waals surface area contributed by atoms with Crippen LogP contribution < -0.4 is 10.1 Å². The highest BCUT2D eigenvalue weighted by molar-refractivity contribution is 5.32. The molecule has 1 aromatic rings. The van der Waals surface area contributed by atoms with Gasteiger partial charge in [0.25, 0.3) is 0 Å². The molecule has 1 fully saturated rings. The van der Waals surface area contributed by atoms with Crippen molar-refractivity contribution in [1.29, 1.82) is 0 Å². The van der Waals surface area contributed by atoms with Crippen LogP contribution >= 0.6 is 0 Å². The summed E-state index contributed by atoms with van der Waals surface area (Å²) >= 11 is 0.